The van der Waals surface area contributed by atoms with Gasteiger partial charge in [0, 0.05) is 52.4 Å². The Morgan fingerprint density at radius 1 is 0.667 bits per heavy atom. The van der Waals surface area contributed by atoms with Crippen LogP contribution >= 0.6 is 0 Å². The number of unbranched alkanes of at least 4 members (excludes halogenated alkanes) is 8. The number of Topliss-reactive ketones (excluding diaryl/α,β-unsaturated/α-hetero) is 1. The zero-order chi connectivity index (χ0) is 33.4. The lowest BCUT2D eigenvalue weighted by Crippen LogP contribution is -2.39. The predicted octanol–water partition coefficient (Wildman–Crippen LogP) is 4.41. The highest BCUT2D eigenvalue weighted by Crippen LogP contribution is 2.07. The minimum Gasteiger partial charge on any atom is -0.480 e. The Bertz CT molecular complexity index is 838. The van der Waals surface area contributed by atoms with Crippen LogP contribution in [0.1, 0.15) is 117 Å². The van der Waals surface area contributed by atoms with Crippen molar-refractivity contribution in [2.45, 2.75) is 123 Å². The van der Waals surface area contributed by atoms with Crippen molar-refractivity contribution in [1.82, 2.24) is 21.3 Å². The van der Waals surface area contributed by atoms with Crippen molar-refractivity contribution >= 4 is 29.6 Å². The van der Waals surface area contributed by atoms with Crippen molar-refractivity contribution in [2.24, 2.45) is 0 Å². The summed E-state index contributed by atoms with van der Waals surface area (Å²) < 4.78 is 10.9. The second-order valence-corrected chi connectivity index (χ2v) is 11.2. The lowest BCUT2D eigenvalue weighted by Gasteiger charge is -2.12. The van der Waals surface area contributed by atoms with Gasteiger partial charge in [0.05, 0.1) is 19.8 Å². The van der Waals surface area contributed by atoms with Crippen LogP contribution in [0.2, 0.25) is 0 Å². The number of carboxylic acids is 1. The molecule has 0 radical (unpaired) electrons. The van der Waals surface area contributed by atoms with Gasteiger partial charge in [-0.25, -0.2) is 9.59 Å². The quantitative estimate of drug-likeness (QED) is 0.0548. The normalized spacial score (nSPS) is 11.7. The highest BCUT2D eigenvalue weighted by molar-refractivity contribution is 5.83. The smallest absolute Gasteiger partial charge is 0.326 e. The van der Waals surface area contributed by atoms with Crippen molar-refractivity contribution in [3.8, 4) is 0 Å². The van der Waals surface area contributed by atoms with E-state index in [1.54, 1.807) is 0 Å². The van der Waals surface area contributed by atoms with E-state index in [-0.39, 0.29) is 37.0 Å². The Balaban J connectivity index is 3.44. The molecule has 5 N–H and O–H groups in total. The minimum atomic E-state index is -1.15. The number of carboxylic acid groups (broad SMARTS) is 1. The Hall–Kier alpha value is -2.99. The van der Waals surface area contributed by atoms with Gasteiger partial charge in [0.1, 0.15) is 11.8 Å². The van der Waals surface area contributed by atoms with Gasteiger partial charge in [-0.05, 0) is 57.8 Å². The van der Waals surface area contributed by atoms with Gasteiger partial charge in [0.2, 0.25) is 11.8 Å². The molecule has 0 heterocycles. The summed E-state index contributed by atoms with van der Waals surface area (Å²) in [5, 5.41) is 20.0. The van der Waals surface area contributed by atoms with Crippen LogP contribution in [0.25, 0.3) is 0 Å². The van der Waals surface area contributed by atoms with E-state index in [4.69, 9.17) is 14.6 Å². The summed E-state index contributed by atoms with van der Waals surface area (Å²) in [6.45, 7) is 6.88. The van der Waals surface area contributed by atoms with Gasteiger partial charge >= 0.3 is 12.0 Å². The molecule has 0 aromatic rings. The average molecular weight is 641 g/mol. The Morgan fingerprint density at radius 3 is 1.93 bits per heavy atom. The molecule has 0 bridgehead atoms. The number of urea groups is 1. The molecule has 12 heteroatoms. The molecule has 0 rings (SSSR count). The van der Waals surface area contributed by atoms with Crippen molar-refractivity contribution < 1.29 is 38.6 Å². The summed E-state index contributed by atoms with van der Waals surface area (Å²) in [6, 6.07) is -1.12. The summed E-state index contributed by atoms with van der Waals surface area (Å²) in [7, 11) is 0. The molecule has 1 atom stereocenters. The number of hydrogen-bond acceptors (Lipinski definition) is 7. The second-order valence-electron chi connectivity index (χ2n) is 11.2. The first-order chi connectivity index (χ1) is 21.8. The molecule has 0 fully saturated rings. The van der Waals surface area contributed by atoms with Gasteiger partial charge < -0.3 is 35.8 Å². The lowest BCUT2D eigenvalue weighted by atomic mass is 10.1. The number of amides is 4. The number of ketones is 1. The molecule has 0 spiro atoms. The fourth-order valence-corrected chi connectivity index (χ4v) is 4.34. The molecule has 4 amide bonds. The zero-order valence-electron chi connectivity index (χ0n) is 27.8. The largest absolute Gasteiger partial charge is 0.480 e. The van der Waals surface area contributed by atoms with E-state index in [0.717, 1.165) is 77.2 Å². The third kappa shape index (κ3) is 30.8. The van der Waals surface area contributed by atoms with Crippen LogP contribution < -0.4 is 21.3 Å². The molecule has 0 aromatic heterocycles. The standard InChI is InChI=1S/C33H60N4O8/c1-3-4-14-21-35-33(43)36-22-15-12-10-8-6-5-7-9-11-13-18-31(40)34-23-25-45-27-26-44-24-16-17-29(39)19-20-30(32(41)42)37-28(2)38/h6,8,30H,3-5,7,9-27H2,1-2H3,(H,34,40)(H,37,38)(H,41,42)(H2,35,36,43)/b8-6-/t30-/m0/s1. The third-order valence-electron chi connectivity index (χ3n) is 6.91. The molecule has 0 aromatic carbocycles. The molecular weight excluding hydrogens is 580 g/mol. The van der Waals surface area contributed by atoms with E-state index in [9.17, 15) is 24.0 Å². The average Bonchev–Trinajstić information content (AvgIpc) is 3.00. The molecule has 0 aliphatic carbocycles. The Morgan fingerprint density at radius 2 is 1.29 bits per heavy atom. The van der Waals surface area contributed by atoms with E-state index < -0.39 is 17.9 Å². The topological polar surface area (TPSA) is 172 Å². The van der Waals surface area contributed by atoms with Gasteiger partial charge in [0.15, 0.2) is 0 Å². The second kappa shape index (κ2) is 31.0. The molecule has 0 aliphatic heterocycles. The molecule has 0 saturated heterocycles. The van der Waals surface area contributed by atoms with Crippen LogP contribution in [0, 0.1) is 0 Å². The fraction of sp³-hybridized carbons (Fsp3) is 0.788. The van der Waals surface area contributed by atoms with Gasteiger partial charge in [0.25, 0.3) is 0 Å². The zero-order valence-corrected chi connectivity index (χ0v) is 27.8. The van der Waals surface area contributed by atoms with Crippen molar-refractivity contribution in [1.29, 1.82) is 0 Å². The monoisotopic (exact) mass is 640 g/mol. The van der Waals surface area contributed by atoms with E-state index in [1.165, 1.54) is 6.92 Å². The van der Waals surface area contributed by atoms with E-state index >= 15 is 0 Å². The van der Waals surface area contributed by atoms with Gasteiger partial charge in [-0.15, -0.1) is 0 Å². The molecule has 0 unspecified atom stereocenters. The Labute approximate surface area is 270 Å². The summed E-state index contributed by atoms with van der Waals surface area (Å²) in [6.07, 6.45) is 17.5. The number of aliphatic carboxylic acids is 1. The fourth-order valence-electron chi connectivity index (χ4n) is 4.34. The molecule has 12 nitrogen and oxygen atoms in total. The number of rotatable bonds is 31. The summed E-state index contributed by atoms with van der Waals surface area (Å²) in [5.41, 5.74) is 0. The number of hydrogen-bond donors (Lipinski definition) is 5. The number of allylic oxidation sites excluding steroid dienone is 2. The van der Waals surface area contributed by atoms with E-state index in [1.807, 2.05) is 0 Å². The van der Waals surface area contributed by atoms with Gasteiger partial charge in [-0.1, -0.05) is 44.8 Å². The van der Waals surface area contributed by atoms with Crippen LogP contribution in [0.3, 0.4) is 0 Å². The predicted molar refractivity (Wildman–Crippen MR) is 175 cm³/mol. The van der Waals surface area contributed by atoms with E-state index in [0.29, 0.717) is 52.4 Å². The maximum atomic E-state index is 12.0. The van der Waals surface area contributed by atoms with Crippen LogP contribution in [0.15, 0.2) is 12.2 Å². The number of ether oxygens (including phenoxy) is 2. The van der Waals surface area contributed by atoms with E-state index in [2.05, 4.69) is 40.3 Å². The van der Waals surface area contributed by atoms with Crippen LogP contribution in [0.5, 0.6) is 0 Å². The molecule has 260 valence electrons. The summed E-state index contributed by atoms with van der Waals surface area (Å²) in [4.78, 5) is 57.6. The molecule has 0 saturated carbocycles. The van der Waals surface area contributed by atoms with Crippen LogP contribution in [-0.4, -0.2) is 86.8 Å². The summed E-state index contributed by atoms with van der Waals surface area (Å²) >= 11 is 0. The highest BCUT2D eigenvalue weighted by Gasteiger charge is 2.19. The number of carbonyl (C=O) groups excluding carboxylic acids is 4. The third-order valence-corrected chi connectivity index (χ3v) is 6.91. The van der Waals surface area contributed by atoms with Crippen molar-refractivity contribution in [3.05, 3.63) is 12.2 Å². The van der Waals surface area contributed by atoms with Gasteiger partial charge in [-0.2, -0.15) is 0 Å². The first-order valence-corrected chi connectivity index (χ1v) is 16.9. The lowest BCUT2D eigenvalue weighted by molar-refractivity contribution is -0.141. The number of carbonyl (C=O) groups is 5. The SMILES string of the molecule is CCCCCNC(=O)NCCCC/C=C\CCCCCCC(=O)NCCOCCOCCCC(=O)CC[C@H](NC(C)=O)C(=O)O. The van der Waals surface area contributed by atoms with Crippen molar-refractivity contribution in [3.63, 3.8) is 0 Å². The number of nitrogens with one attached hydrogen (secondary N) is 4. The van der Waals surface area contributed by atoms with Gasteiger partial charge in [-0.3, -0.25) is 14.4 Å². The molecular formula is C33H60N4O8. The Kier molecular flexibility index (Phi) is 29.0. The first-order valence-electron chi connectivity index (χ1n) is 16.9. The van der Waals surface area contributed by atoms with Crippen molar-refractivity contribution in [2.75, 3.05) is 46.1 Å². The summed E-state index contributed by atoms with van der Waals surface area (Å²) in [5.74, 6) is -1.62. The van der Waals surface area contributed by atoms with Crippen LogP contribution in [0.4, 0.5) is 4.79 Å². The first kappa shape index (κ1) is 42.0. The maximum Gasteiger partial charge on any atom is 0.326 e. The molecule has 0 aliphatic rings. The van der Waals surface area contributed by atoms with Crippen LogP contribution in [-0.2, 0) is 28.7 Å². The minimum absolute atomic E-state index is 0.0367. The molecule has 45 heavy (non-hydrogen) atoms. The maximum absolute atomic E-state index is 12.0. The highest BCUT2D eigenvalue weighted by atomic mass is 16.5.